The molecule has 5 nitrogen and oxygen atoms in total. The number of carbonyl (C=O) groups is 2. The lowest BCUT2D eigenvalue weighted by molar-refractivity contribution is -0.114. The van der Waals surface area contributed by atoms with Gasteiger partial charge in [0.05, 0.1) is 11.4 Å². The van der Waals surface area contributed by atoms with Crippen LogP contribution >= 0.6 is 0 Å². The van der Waals surface area contributed by atoms with Gasteiger partial charge in [0.25, 0.3) is 5.91 Å². The number of benzene rings is 3. The number of carbonyl (C=O) groups excluding carboxylic acids is 2. The quantitative estimate of drug-likeness (QED) is 0.605. The number of nitrogens with one attached hydrogen (secondary N) is 2. The van der Waals surface area contributed by atoms with Gasteiger partial charge in [0.1, 0.15) is 5.71 Å². The molecule has 0 unspecified atom stereocenters. The molecule has 0 bridgehead atoms. The summed E-state index contributed by atoms with van der Waals surface area (Å²) in [6.45, 7) is 5.36. The summed E-state index contributed by atoms with van der Waals surface area (Å²) >= 11 is 0. The molecule has 0 saturated carbocycles. The Morgan fingerprint density at radius 1 is 0.793 bits per heavy atom. The van der Waals surface area contributed by atoms with E-state index in [1.54, 1.807) is 18.2 Å². The van der Waals surface area contributed by atoms with Crippen LogP contribution in [0.25, 0.3) is 0 Å². The number of anilines is 2. The van der Waals surface area contributed by atoms with Crippen LogP contribution < -0.4 is 10.6 Å². The van der Waals surface area contributed by atoms with Crippen molar-refractivity contribution in [2.45, 2.75) is 20.8 Å². The maximum Gasteiger partial charge on any atom is 0.274 e. The van der Waals surface area contributed by atoms with Crippen molar-refractivity contribution in [1.29, 1.82) is 0 Å². The summed E-state index contributed by atoms with van der Waals surface area (Å²) in [6.07, 6.45) is 0. The molecule has 3 aromatic carbocycles. The van der Waals surface area contributed by atoms with E-state index in [0.717, 1.165) is 11.1 Å². The van der Waals surface area contributed by atoms with Crippen molar-refractivity contribution in [2.75, 3.05) is 10.6 Å². The third kappa shape index (κ3) is 5.39. The first kappa shape index (κ1) is 20.0. The first-order valence-corrected chi connectivity index (χ1v) is 9.33. The third-order valence-corrected chi connectivity index (χ3v) is 4.23. The Balaban J connectivity index is 2.07. The lowest BCUT2D eigenvalue weighted by Gasteiger charge is -2.13. The summed E-state index contributed by atoms with van der Waals surface area (Å²) in [5.74, 6) is -0.568. The molecule has 2 amide bonds. The van der Waals surface area contributed by atoms with Crippen LogP contribution in [-0.4, -0.2) is 17.5 Å². The van der Waals surface area contributed by atoms with Gasteiger partial charge >= 0.3 is 0 Å². The topological polar surface area (TPSA) is 70.6 Å². The van der Waals surface area contributed by atoms with Crippen LogP contribution in [0.2, 0.25) is 0 Å². The van der Waals surface area contributed by atoms with Gasteiger partial charge in [-0.05, 0) is 55.3 Å². The maximum atomic E-state index is 13.2. The van der Waals surface area contributed by atoms with Crippen molar-refractivity contribution in [3.05, 3.63) is 89.5 Å². The summed E-state index contributed by atoms with van der Waals surface area (Å²) in [5.41, 5.74) is 4.74. The molecule has 0 spiro atoms. The highest BCUT2D eigenvalue weighted by Crippen LogP contribution is 2.22. The van der Waals surface area contributed by atoms with E-state index in [-0.39, 0.29) is 17.5 Å². The molecule has 0 heterocycles. The average molecular weight is 385 g/mol. The van der Waals surface area contributed by atoms with Gasteiger partial charge in [-0.2, -0.15) is 0 Å². The van der Waals surface area contributed by atoms with Gasteiger partial charge in [-0.25, -0.2) is 4.99 Å². The molecule has 29 heavy (non-hydrogen) atoms. The molecule has 5 heteroatoms. The highest BCUT2D eigenvalue weighted by molar-refractivity contribution is 6.50. The second-order valence-electron chi connectivity index (χ2n) is 6.85. The molecule has 0 saturated heterocycles. The molecule has 0 aromatic heterocycles. The summed E-state index contributed by atoms with van der Waals surface area (Å²) in [4.78, 5) is 29.5. The second-order valence-corrected chi connectivity index (χ2v) is 6.85. The van der Waals surface area contributed by atoms with Crippen molar-refractivity contribution < 1.29 is 9.59 Å². The normalized spacial score (nSPS) is 11.1. The van der Waals surface area contributed by atoms with Crippen molar-refractivity contribution in [2.24, 2.45) is 4.99 Å². The SMILES string of the molecule is CC(=O)Nc1ccccc1C(=Nc1cccc(C)c1)C(=O)Nc1cccc(C)c1. The molecular weight excluding hydrogens is 362 g/mol. The van der Waals surface area contributed by atoms with E-state index in [9.17, 15) is 9.59 Å². The van der Waals surface area contributed by atoms with E-state index in [1.807, 2.05) is 68.4 Å². The van der Waals surface area contributed by atoms with Gasteiger partial charge < -0.3 is 10.6 Å². The predicted octanol–water partition coefficient (Wildman–Crippen LogP) is 5.02. The molecule has 2 N–H and O–H groups in total. The number of aliphatic imine (C=N–C) groups is 1. The number of hydrogen-bond acceptors (Lipinski definition) is 3. The Morgan fingerprint density at radius 2 is 1.48 bits per heavy atom. The standard InChI is InChI=1S/C24H23N3O2/c1-16-8-6-10-19(14-16)26-23(21-12-4-5-13-22(21)25-18(3)28)24(29)27-20-11-7-9-17(2)15-20/h4-15H,1-3H3,(H,25,28)(H,27,29). The van der Waals surface area contributed by atoms with Crippen molar-refractivity contribution in [3.63, 3.8) is 0 Å². The van der Waals surface area contributed by atoms with Crippen LogP contribution in [0.1, 0.15) is 23.6 Å². The second kappa shape index (κ2) is 8.97. The fourth-order valence-corrected chi connectivity index (χ4v) is 2.96. The Kier molecular flexibility index (Phi) is 6.19. The number of amides is 2. The van der Waals surface area contributed by atoms with Gasteiger partial charge in [-0.15, -0.1) is 0 Å². The monoisotopic (exact) mass is 385 g/mol. The summed E-state index contributed by atoms with van der Waals surface area (Å²) in [5, 5.41) is 5.69. The van der Waals surface area contributed by atoms with E-state index in [2.05, 4.69) is 15.6 Å². The number of nitrogens with zero attached hydrogens (tertiary/aromatic N) is 1. The molecule has 3 rings (SSSR count). The summed E-state index contributed by atoms with van der Waals surface area (Å²) in [6, 6.07) is 22.3. The minimum absolute atomic E-state index is 0.216. The van der Waals surface area contributed by atoms with E-state index in [0.29, 0.717) is 22.6 Å². The number of rotatable bonds is 5. The molecule has 0 aliphatic carbocycles. The Bertz CT molecular complexity index is 1090. The Labute approximate surface area is 170 Å². The minimum Gasteiger partial charge on any atom is -0.326 e. The summed E-state index contributed by atoms with van der Waals surface area (Å²) in [7, 11) is 0. The predicted molar refractivity (Wildman–Crippen MR) is 118 cm³/mol. The zero-order valence-electron chi connectivity index (χ0n) is 16.7. The minimum atomic E-state index is -0.352. The van der Waals surface area contributed by atoms with Crippen LogP contribution in [0.15, 0.2) is 77.8 Å². The zero-order chi connectivity index (χ0) is 20.8. The Hall–Kier alpha value is -3.73. The van der Waals surface area contributed by atoms with Crippen molar-refractivity contribution >= 4 is 34.6 Å². The largest absolute Gasteiger partial charge is 0.326 e. The van der Waals surface area contributed by atoms with Crippen molar-refractivity contribution in [3.8, 4) is 0 Å². The molecule has 0 radical (unpaired) electrons. The molecular formula is C24H23N3O2. The van der Waals surface area contributed by atoms with Gasteiger partial charge in [0, 0.05) is 18.2 Å². The Morgan fingerprint density at radius 3 is 2.17 bits per heavy atom. The molecule has 0 fully saturated rings. The number of para-hydroxylation sites is 1. The number of aryl methyl sites for hydroxylation is 2. The van der Waals surface area contributed by atoms with E-state index >= 15 is 0 Å². The lowest BCUT2D eigenvalue weighted by Crippen LogP contribution is -2.25. The smallest absolute Gasteiger partial charge is 0.274 e. The molecule has 146 valence electrons. The van der Waals surface area contributed by atoms with Gasteiger partial charge in [-0.3, -0.25) is 9.59 Å². The molecule has 3 aromatic rings. The lowest BCUT2D eigenvalue weighted by atomic mass is 10.1. The summed E-state index contributed by atoms with van der Waals surface area (Å²) < 4.78 is 0. The van der Waals surface area contributed by atoms with Crippen LogP contribution in [0, 0.1) is 13.8 Å². The zero-order valence-corrected chi connectivity index (χ0v) is 16.7. The first-order valence-electron chi connectivity index (χ1n) is 9.33. The first-order chi connectivity index (χ1) is 13.9. The average Bonchev–Trinajstić information content (AvgIpc) is 2.66. The maximum absolute atomic E-state index is 13.2. The highest BCUT2D eigenvalue weighted by Gasteiger charge is 2.19. The fraction of sp³-hybridized carbons (Fsp3) is 0.125. The molecule has 0 atom stereocenters. The van der Waals surface area contributed by atoms with Crippen LogP contribution in [0.5, 0.6) is 0 Å². The van der Waals surface area contributed by atoms with Crippen LogP contribution in [0.3, 0.4) is 0 Å². The van der Waals surface area contributed by atoms with Gasteiger partial charge in [0.15, 0.2) is 0 Å². The van der Waals surface area contributed by atoms with E-state index in [1.165, 1.54) is 6.92 Å². The molecule has 0 aliphatic rings. The third-order valence-electron chi connectivity index (χ3n) is 4.23. The highest BCUT2D eigenvalue weighted by atomic mass is 16.2. The van der Waals surface area contributed by atoms with E-state index in [4.69, 9.17) is 0 Å². The van der Waals surface area contributed by atoms with Gasteiger partial charge in [-0.1, -0.05) is 42.5 Å². The molecule has 0 aliphatic heterocycles. The number of hydrogen-bond donors (Lipinski definition) is 2. The van der Waals surface area contributed by atoms with Crippen LogP contribution in [0.4, 0.5) is 17.1 Å². The van der Waals surface area contributed by atoms with Crippen LogP contribution in [-0.2, 0) is 9.59 Å². The fourth-order valence-electron chi connectivity index (χ4n) is 2.96. The van der Waals surface area contributed by atoms with Gasteiger partial charge in [0.2, 0.25) is 5.91 Å². The van der Waals surface area contributed by atoms with E-state index < -0.39 is 0 Å². The van der Waals surface area contributed by atoms with Crippen molar-refractivity contribution in [1.82, 2.24) is 0 Å².